The summed E-state index contributed by atoms with van der Waals surface area (Å²) in [4.78, 5) is 25.8. The lowest BCUT2D eigenvalue weighted by Crippen LogP contribution is -2.41. The molecule has 0 bridgehead atoms. The molecule has 0 aliphatic carbocycles. The minimum Gasteiger partial charge on any atom is -0.335 e. The van der Waals surface area contributed by atoms with E-state index < -0.39 is 5.82 Å². The number of carbonyl (C=O) groups is 2. The largest absolute Gasteiger partial charge is 0.335 e. The van der Waals surface area contributed by atoms with E-state index in [1.54, 1.807) is 30.9 Å². The van der Waals surface area contributed by atoms with Crippen LogP contribution < -0.4 is 0 Å². The molecule has 0 spiro atoms. The van der Waals surface area contributed by atoms with Crippen LogP contribution in [-0.4, -0.2) is 29.2 Å². The Labute approximate surface area is 125 Å². The monoisotopic (exact) mass is 291 g/mol. The molecule has 1 atom stereocenters. The molecule has 1 aromatic rings. The van der Waals surface area contributed by atoms with E-state index in [2.05, 4.69) is 0 Å². The molecule has 1 fully saturated rings. The molecule has 3 nitrogen and oxygen atoms in total. The van der Waals surface area contributed by atoms with Crippen molar-refractivity contribution in [3.8, 4) is 0 Å². The number of carbonyl (C=O) groups excluding carboxylic acids is 2. The standard InChI is InChI=1S/C17H22FNO2/c1-12-7-8-15(16(18)10-12)17(21)19-9-5-3-4-6-14(19)11-13(2)20/h7-8,10,14H,3-6,9,11H2,1-2H3. The van der Waals surface area contributed by atoms with Crippen LogP contribution in [0.1, 0.15) is 54.9 Å². The third-order valence-electron chi connectivity index (χ3n) is 4.02. The molecule has 1 aliphatic heterocycles. The third kappa shape index (κ3) is 3.90. The number of likely N-dealkylation sites (tertiary alicyclic amines) is 1. The molecule has 21 heavy (non-hydrogen) atoms. The first-order valence-corrected chi connectivity index (χ1v) is 7.55. The van der Waals surface area contributed by atoms with E-state index in [4.69, 9.17) is 0 Å². The van der Waals surface area contributed by atoms with E-state index in [0.29, 0.717) is 13.0 Å². The molecule has 1 amide bonds. The van der Waals surface area contributed by atoms with Crippen LogP contribution in [0.25, 0.3) is 0 Å². The van der Waals surface area contributed by atoms with E-state index in [0.717, 1.165) is 31.2 Å². The average Bonchev–Trinajstić information content (AvgIpc) is 2.63. The molecule has 1 aromatic carbocycles. The Morgan fingerprint density at radius 2 is 2.05 bits per heavy atom. The molecule has 0 radical (unpaired) electrons. The van der Waals surface area contributed by atoms with Gasteiger partial charge in [0.2, 0.25) is 0 Å². The fraction of sp³-hybridized carbons (Fsp3) is 0.529. The van der Waals surface area contributed by atoms with E-state index >= 15 is 0 Å². The number of ketones is 1. The van der Waals surface area contributed by atoms with Gasteiger partial charge >= 0.3 is 0 Å². The predicted octanol–water partition coefficient (Wildman–Crippen LogP) is 3.50. The number of benzene rings is 1. The lowest BCUT2D eigenvalue weighted by molar-refractivity contribution is -0.118. The van der Waals surface area contributed by atoms with Crippen LogP contribution >= 0.6 is 0 Å². The zero-order valence-corrected chi connectivity index (χ0v) is 12.7. The number of aryl methyl sites for hydroxylation is 1. The lowest BCUT2D eigenvalue weighted by atomic mass is 10.0. The number of Topliss-reactive ketones (excluding diaryl/α,β-unsaturated/α-hetero) is 1. The van der Waals surface area contributed by atoms with Crippen molar-refractivity contribution in [1.29, 1.82) is 0 Å². The van der Waals surface area contributed by atoms with Crippen LogP contribution in [0.2, 0.25) is 0 Å². The minimum absolute atomic E-state index is 0.0732. The van der Waals surface area contributed by atoms with Crippen molar-refractivity contribution in [3.05, 3.63) is 35.1 Å². The third-order valence-corrected chi connectivity index (χ3v) is 4.02. The normalized spacial score (nSPS) is 19.2. The summed E-state index contributed by atoms with van der Waals surface area (Å²) in [5.74, 6) is -0.699. The van der Waals surface area contributed by atoms with Crippen LogP contribution in [0.3, 0.4) is 0 Å². The summed E-state index contributed by atoms with van der Waals surface area (Å²) in [6, 6.07) is 4.57. The molecule has 4 heteroatoms. The summed E-state index contributed by atoms with van der Waals surface area (Å²) in [6.45, 7) is 3.94. The maximum absolute atomic E-state index is 14.0. The molecular weight excluding hydrogens is 269 g/mol. The van der Waals surface area contributed by atoms with Gasteiger partial charge in [-0.1, -0.05) is 18.9 Å². The smallest absolute Gasteiger partial charge is 0.257 e. The molecule has 114 valence electrons. The van der Waals surface area contributed by atoms with Gasteiger partial charge in [0.05, 0.1) is 5.56 Å². The van der Waals surface area contributed by atoms with Crippen LogP contribution in [-0.2, 0) is 4.79 Å². The molecule has 0 N–H and O–H groups in total. The highest BCUT2D eigenvalue weighted by Gasteiger charge is 2.28. The molecule has 1 heterocycles. The van der Waals surface area contributed by atoms with E-state index in [9.17, 15) is 14.0 Å². The number of hydrogen-bond donors (Lipinski definition) is 0. The molecular formula is C17H22FNO2. The van der Waals surface area contributed by atoms with Crippen molar-refractivity contribution in [3.63, 3.8) is 0 Å². The van der Waals surface area contributed by atoms with Crippen LogP contribution in [0.15, 0.2) is 18.2 Å². The summed E-state index contributed by atoms with van der Waals surface area (Å²) in [6.07, 6.45) is 4.15. The number of hydrogen-bond acceptors (Lipinski definition) is 2. The highest BCUT2D eigenvalue weighted by molar-refractivity contribution is 5.95. The van der Waals surface area contributed by atoms with Gasteiger partial charge in [-0.2, -0.15) is 0 Å². The molecule has 2 rings (SSSR count). The summed E-state index contributed by atoms with van der Waals surface area (Å²) >= 11 is 0. The zero-order valence-electron chi connectivity index (χ0n) is 12.7. The molecule has 1 unspecified atom stereocenters. The Balaban J connectivity index is 2.26. The van der Waals surface area contributed by atoms with Crippen molar-refractivity contribution in [2.45, 2.75) is 52.0 Å². The van der Waals surface area contributed by atoms with Gasteiger partial charge in [0.15, 0.2) is 0 Å². The molecule has 0 saturated carbocycles. The number of amides is 1. The first kappa shape index (κ1) is 15.7. The maximum atomic E-state index is 14.0. The second-order valence-corrected chi connectivity index (χ2v) is 5.89. The predicted molar refractivity (Wildman–Crippen MR) is 79.7 cm³/mol. The van der Waals surface area contributed by atoms with Gasteiger partial charge in [0.25, 0.3) is 5.91 Å². The second kappa shape index (κ2) is 6.83. The van der Waals surface area contributed by atoms with Gasteiger partial charge in [-0.15, -0.1) is 0 Å². The van der Waals surface area contributed by atoms with Crippen molar-refractivity contribution in [1.82, 2.24) is 4.90 Å². The lowest BCUT2D eigenvalue weighted by Gasteiger charge is -2.29. The van der Waals surface area contributed by atoms with Crippen LogP contribution in [0.5, 0.6) is 0 Å². The van der Waals surface area contributed by atoms with Crippen molar-refractivity contribution in [2.75, 3.05) is 6.54 Å². The van der Waals surface area contributed by atoms with Crippen LogP contribution in [0, 0.1) is 12.7 Å². The fourth-order valence-corrected chi connectivity index (χ4v) is 2.94. The van der Waals surface area contributed by atoms with E-state index in [1.807, 2.05) is 0 Å². The van der Waals surface area contributed by atoms with Crippen molar-refractivity contribution in [2.24, 2.45) is 0 Å². The molecule has 1 saturated heterocycles. The SMILES string of the molecule is CC(=O)CC1CCCCCN1C(=O)c1ccc(C)cc1F. The topological polar surface area (TPSA) is 37.4 Å². The minimum atomic E-state index is -0.481. The van der Waals surface area contributed by atoms with E-state index in [1.165, 1.54) is 6.07 Å². The highest BCUT2D eigenvalue weighted by Crippen LogP contribution is 2.23. The van der Waals surface area contributed by atoms with Gasteiger partial charge in [-0.05, 0) is 44.4 Å². The number of nitrogens with zero attached hydrogens (tertiary/aromatic N) is 1. The van der Waals surface area contributed by atoms with Gasteiger partial charge in [-0.25, -0.2) is 4.39 Å². The summed E-state index contributed by atoms with van der Waals surface area (Å²) in [7, 11) is 0. The first-order valence-electron chi connectivity index (χ1n) is 7.55. The number of rotatable bonds is 3. The molecule has 0 aromatic heterocycles. The number of halogens is 1. The summed E-state index contributed by atoms with van der Waals surface area (Å²) < 4.78 is 14.0. The quantitative estimate of drug-likeness (QED) is 0.854. The van der Waals surface area contributed by atoms with Crippen molar-refractivity contribution >= 4 is 11.7 Å². The Kier molecular flexibility index (Phi) is 5.10. The average molecular weight is 291 g/mol. The van der Waals surface area contributed by atoms with Gasteiger partial charge in [-0.3, -0.25) is 9.59 Å². The Morgan fingerprint density at radius 1 is 1.29 bits per heavy atom. The van der Waals surface area contributed by atoms with Gasteiger partial charge in [0.1, 0.15) is 11.6 Å². The first-order chi connectivity index (χ1) is 9.99. The highest BCUT2D eigenvalue weighted by atomic mass is 19.1. The molecule has 1 aliphatic rings. The van der Waals surface area contributed by atoms with Crippen molar-refractivity contribution < 1.29 is 14.0 Å². The van der Waals surface area contributed by atoms with Gasteiger partial charge < -0.3 is 4.90 Å². The Hall–Kier alpha value is -1.71. The Bertz CT molecular complexity index is 542. The van der Waals surface area contributed by atoms with Gasteiger partial charge in [0, 0.05) is 19.0 Å². The van der Waals surface area contributed by atoms with E-state index in [-0.39, 0.29) is 23.3 Å². The zero-order chi connectivity index (χ0) is 15.4. The summed E-state index contributed by atoms with van der Waals surface area (Å²) in [5.41, 5.74) is 0.899. The van der Waals surface area contributed by atoms with Crippen LogP contribution in [0.4, 0.5) is 4.39 Å². The fourth-order valence-electron chi connectivity index (χ4n) is 2.94. The summed E-state index contributed by atoms with van der Waals surface area (Å²) in [5, 5.41) is 0. The maximum Gasteiger partial charge on any atom is 0.257 e. The second-order valence-electron chi connectivity index (χ2n) is 5.89. The Morgan fingerprint density at radius 3 is 2.71 bits per heavy atom.